The molecule has 0 aliphatic rings. The summed E-state index contributed by atoms with van der Waals surface area (Å²) in [5.41, 5.74) is 3.92. The lowest BCUT2D eigenvalue weighted by atomic mass is 10.0. The maximum absolute atomic E-state index is 5.60. The number of hydrogen-bond acceptors (Lipinski definition) is 1. The van der Waals surface area contributed by atoms with E-state index in [0.29, 0.717) is 0 Å². The Kier molecular flexibility index (Phi) is 4.87. The van der Waals surface area contributed by atoms with Crippen LogP contribution in [0.15, 0.2) is 34.7 Å². The van der Waals surface area contributed by atoms with E-state index in [9.17, 15) is 0 Å². The van der Waals surface area contributed by atoms with Gasteiger partial charge in [-0.1, -0.05) is 53.5 Å². The second-order valence-electron chi connectivity index (χ2n) is 5.08. The molecule has 2 heteroatoms. The van der Waals surface area contributed by atoms with Gasteiger partial charge in [0.05, 0.1) is 4.83 Å². The van der Waals surface area contributed by atoms with Crippen molar-refractivity contribution in [3.8, 4) is 0 Å². The van der Waals surface area contributed by atoms with Gasteiger partial charge >= 0.3 is 0 Å². The fourth-order valence-electron chi connectivity index (χ4n) is 2.32. The number of benzene rings is 1. The first-order chi connectivity index (χ1) is 9.11. The standard InChI is InChI=1S/C17H21BrO/c1-4-5-6-14-7-9-15(10-8-14)17(18)16-11-12(2)19-13(16)3/h7-11,17H,4-6H2,1-3H3. The van der Waals surface area contributed by atoms with Crippen LogP contribution >= 0.6 is 15.9 Å². The molecule has 0 N–H and O–H groups in total. The van der Waals surface area contributed by atoms with Gasteiger partial charge in [-0.2, -0.15) is 0 Å². The van der Waals surface area contributed by atoms with Crippen molar-refractivity contribution in [1.29, 1.82) is 0 Å². The second-order valence-corrected chi connectivity index (χ2v) is 5.99. The smallest absolute Gasteiger partial charge is 0.105 e. The van der Waals surface area contributed by atoms with E-state index in [1.807, 2.05) is 13.8 Å². The van der Waals surface area contributed by atoms with E-state index < -0.39 is 0 Å². The summed E-state index contributed by atoms with van der Waals surface area (Å²) in [5.74, 6) is 1.96. The molecule has 1 nitrogen and oxygen atoms in total. The molecule has 0 aliphatic heterocycles. The molecule has 0 saturated carbocycles. The number of unbranched alkanes of at least 4 members (excludes halogenated alkanes) is 1. The van der Waals surface area contributed by atoms with Crippen LogP contribution in [-0.4, -0.2) is 0 Å². The van der Waals surface area contributed by atoms with Crippen molar-refractivity contribution in [1.82, 2.24) is 0 Å². The molecular weight excluding hydrogens is 300 g/mol. The van der Waals surface area contributed by atoms with Gasteiger partial charge in [0.2, 0.25) is 0 Å². The number of furan rings is 1. The van der Waals surface area contributed by atoms with Gasteiger partial charge in [0.15, 0.2) is 0 Å². The molecule has 0 amide bonds. The Morgan fingerprint density at radius 3 is 2.37 bits per heavy atom. The van der Waals surface area contributed by atoms with E-state index in [2.05, 4.69) is 53.2 Å². The normalized spacial score (nSPS) is 12.6. The van der Waals surface area contributed by atoms with Crippen molar-refractivity contribution in [3.05, 3.63) is 58.5 Å². The van der Waals surface area contributed by atoms with Crippen LogP contribution in [-0.2, 0) is 6.42 Å². The molecule has 0 spiro atoms. The maximum atomic E-state index is 5.60. The van der Waals surface area contributed by atoms with Crippen LogP contribution in [0.3, 0.4) is 0 Å². The molecular formula is C17H21BrO. The van der Waals surface area contributed by atoms with Crippen LogP contribution in [0.2, 0.25) is 0 Å². The zero-order chi connectivity index (χ0) is 13.8. The van der Waals surface area contributed by atoms with Crippen LogP contribution in [0.1, 0.15) is 52.8 Å². The van der Waals surface area contributed by atoms with E-state index in [1.165, 1.54) is 36.0 Å². The third kappa shape index (κ3) is 3.50. The van der Waals surface area contributed by atoms with Crippen LogP contribution < -0.4 is 0 Å². The molecule has 19 heavy (non-hydrogen) atoms. The van der Waals surface area contributed by atoms with Crippen LogP contribution in [0.5, 0.6) is 0 Å². The molecule has 1 atom stereocenters. The van der Waals surface area contributed by atoms with Gasteiger partial charge in [-0.3, -0.25) is 0 Å². The molecule has 1 unspecified atom stereocenters. The van der Waals surface area contributed by atoms with Crippen molar-refractivity contribution in [2.75, 3.05) is 0 Å². The lowest BCUT2D eigenvalue weighted by Gasteiger charge is -2.10. The van der Waals surface area contributed by atoms with E-state index in [4.69, 9.17) is 4.42 Å². The predicted molar refractivity (Wildman–Crippen MR) is 84.0 cm³/mol. The molecule has 0 fully saturated rings. The zero-order valence-corrected chi connectivity index (χ0v) is 13.5. The number of aryl methyl sites for hydroxylation is 3. The van der Waals surface area contributed by atoms with Crippen molar-refractivity contribution in [3.63, 3.8) is 0 Å². The molecule has 2 aromatic rings. The number of halogens is 1. The van der Waals surface area contributed by atoms with Crippen LogP contribution in [0.4, 0.5) is 0 Å². The Labute approximate surface area is 124 Å². The topological polar surface area (TPSA) is 13.1 Å². The summed E-state index contributed by atoms with van der Waals surface area (Å²) >= 11 is 3.78. The SMILES string of the molecule is CCCCc1ccc(C(Br)c2cc(C)oc2C)cc1. The summed E-state index contributed by atoms with van der Waals surface area (Å²) in [7, 11) is 0. The highest BCUT2D eigenvalue weighted by Gasteiger charge is 2.16. The molecule has 0 saturated heterocycles. The molecule has 0 bridgehead atoms. The van der Waals surface area contributed by atoms with Gasteiger partial charge in [-0.05, 0) is 43.9 Å². The Morgan fingerprint density at radius 2 is 1.84 bits per heavy atom. The van der Waals surface area contributed by atoms with E-state index in [-0.39, 0.29) is 4.83 Å². The van der Waals surface area contributed by atoms with Crippen LogP contribution in [0, 0.1) is 13.8 Å². The lowest BCUT2D eigenvalue weighted by Crippen LogP contribution is -1.94. The molecule has 102 valence electrons. The summed E-state index contributed by atoms with van der Waals surface area (Å²) in [6, 6.07) is 11.0. The van der Waals surface area contributed by atoms with Gasteiger partial charge in [0.25, 0.3) is 0 Å². The number of rotatable bonds is 5. The van der Waals surface area contributed by atoms with Gasteiger partial charge in [-0.15, -0.1) is 0 Å². The highest BCUT2D eigenvalue weighted by Crippen LogP contribution is 2.34. The second kappa shape index (κ2) is 6.42. The molecule has 1 aromatic heterocycles. The molecule has 2 rings (SSSR count). The minimum Gasteiger partial charge on any atom is -0.466 e. The maximum Gasteiger partial charge on any atom is 0.105 e. The third-order valence-corrected chi connectivity index (χ3v) is 4.47. The Balaban J connectivity index is 2.15. The first-order valence-corrected chi connectivity index (χ1v) is 7.83. The average Bonchev–Trinajstić information content (AvgIpc) is 2.75. The van der Waals surface area contributed by atoms with Crippen molar-refractivity contribution in [2.24, 2.45) is 0 Å². The fourth-order valence-corrected chi connectivity index (χ4v) is 3.08. The summed E-state index contributed by atoms with van der Waals surface area (Å²) in [5, 5.41) is 0. The zero-order valence-electron chi connectivity index (χ0n) is 11.9. The predicted octanol–water partition coefficient (Wildman–Crippen LogP) is 5.72. The molecule has 0 aliphatic carbocycles. The van der Waals surface area contributed by atoms with E-state index in [1.54, 1.807) is 0 Å². The minimum absolute atomic E-state index is 0.213. The lowest BCUT2D eigenvalue weighted by molar-refractivity contribution is 0.502. The Hall–Kier alpha value is -1.02. The summed E-state index contributed by atoms with van der Waals surface area (Å²) in [6.07, 6.45) is 3.68. The summed E-state index contributed by atoms with van der Waals surface area (Å²) < 4.78 is 5.60. The van der Waals surface area contributed by atoms with Gasteiger partial charge in [0, 0.05) is 5.56 Å². The first-order valence-electron chi connectivity index (χ1n) is 6.91. The highest BCUT2D eigenvalue weighted by atomic mass is 79.9. The largest absolute Gasteiger partial charge is 0.466 e. The average molecular weight is 321 g/mol. The number of alkyl halides is 1. The van der Waals surface area contributed by atoms with Crippen LogP contribution in [0.25, 0.3) is 0 Å². The Morgan fingerprint density at radius 1 is 1.16 bits per heavy atom. The highest BCUT2D eigenvalue weighted by molar-refractivity contribution is 9.09. The van der Waals surface area contributed by atoms with Gasteiger partial charge in [0.1, 0.15) is 11.5 Å². The third-order valence-electron chi connectivity index (χ3n) is 3.44. The first kappa shape index (κ1) is 14.4. The number of hydrogen-bond donors (Lipinski definition) is 0. The molecule has 0 radical (unpaired) electrons. The van der Waals surface area contributed by atoms with Gasteiger partial charge in [-0.25, -0.2) is 0 Å². The van der Waals surface area contributed by atoms with Crippen molar-refractivity contribution < 1.29 is 4.42 Å². The molecule has 1 aromatic carbocycles. The van der Waals surface area contributed by atoms with Crippen molar-refractivity contribution in [2.45, 2.75) is 44.9 Å². The summed E-state index contributed by atoms with van der Waals surface area (Å²) in [4.78, 5) is 0.213. The van der Waals surface area contributed by atoms with Gasteiger partial charge < -0.3 is 4.42 Å². The van der Waals surface area contributed by atoms with Crippen molar-refractivity contribution >= 4 is 15.9 Å². The quantitative estimate of drug-likeness (QED) is 0.642. The monoisotopic (exact) mass is 320 g/mol. The molecule has 1 heterocycles. The minimum atomic E-state index is 0.213. The Bertz CT molecular complexity index is 525. The van der Waals surface area contributed by atoms with E-state index in [0.717, 1.165) is 11.5 Å². The summed E-state index contributed by atoms with van der Waals surface area (Å²) in [6.45, 7) is 6.24. The van der Waals surface area contributed by atoms with E-state index >= 15 is 0 Å². The fraction of sp³-hybridized carbons (Fsp3) is 0.412.